The average Bonchev–Trinajstić information content (AvgIpc) is 3.51. The first-order valence-electron chi connectivity index (χ1n) is 8.50. The zero-order valence-corrected chi connectivity index (χ0v) is 14.2. The molecule has 0 amide bonds. The normalized spacial score (nSPS) is 19.1. The van der Waals surface area contributed by atoms with Gasteiger partial charge in [-0.15, -0.1) is 20.4 Å². The lowest BCUT2D eigenvalue weighted by Crippen LogP contribution is -2.24. The molecule has 0 aromatic carbocycles. The molecule has 2 aromatic rings. The summed E-state index contributed by atoms with van der Waals surface area (Å²) in [5.41, 5.74) is -1.79. The Morgan fingerprint density at radius 1 is 1.04 bits per heavy atom. The number of aryl methyl sites for hydroxylation is 2. The number of aromatic nitrogens is 4. The fourth-order valence-electron chi connectivity index (χ4n) is 2.84. The molecule has 2 saturated carbocycles. The molecule has 0 radical (unpaired) electrons. The molecule has 0 bridgehead atoms. The summed E-state index contributed by atoms with van der Waals surface area (Å²) in [5, 5.41) is 24.6. The van der Waals surface area contributed by atoms with E-state index >= 15 is 0 Å². The summed E-state index contributed by atoms with van der Waals surface area (Å²) < 4.78 is 16.1. The monoisotopic (exact) mass is 362 g/mol. The van der Waals surface area contributed by atoms with E-state index in [1.165, 1.54) is 0 Å². The second-order valence-corrected chi connectivity index (χ2v) is 6.84. The first-order valence-corrected chi connectivity index (χ1v) is 8.50. The van der Waals surface area contributed by atoms with E-state index in [2.05, 4.69) is 20.4 Å². The van der Waals surface area contributed by atoms with Gasteiger partial charge in [0.15, 0.2) is 0 Å². The summed E-state index contributed by atoms with van der Waals surface area (Å²) in [6.45, 7) is 1.86. The molecule has 0 saturated heterocycles. The number of carboxylic acids is 1. The van der Waals surface area contributed by atoms with Crippen LogP contribution in [0.5, 0.6) is 0 Å². The lowest BCUT2D eigenvalue weighted by Gasteiger charge is -2.10. The molecule has 0 spiro atoms. The van der Waals surface area contributed by atoms with Crippen molar-refractivity contribution in [1.82, 2.24) is 20.4 Å². The summed E-state index contributed by atoms with van der Waals surface area (Å²) in [4.78, 5) is 23.5. The van der Waals surface area contributed by atoms with Crippen molar-refractivity contribution in [2.24, 2.45) is 0 Å². The van der Waals surface area contributed by atoms with E-state index in [0.717, 1.165) is 0 Å². The highest BCUT2D eigenvalue weighted by Gasteiger charge is 2.58. The van der Waals surface area contributed by atoms with E-state index in [1.807, 2.05) is 0 Å². The highest BCUT2D eigenvalue weighted by atomic mass is 16.5. The minimum Gasteiger partial charge on any atom is -0.480 e. The zero-order valence-electron chi connectivity index (χ0n) is 14.2. The van der Waals surface area contributed by atoms with Crippen LogP contribution in [-0.4, -0.2) is 44.0 Å². The van der Waals surface area contributed by atoms with Gasteiger partial charge in [0.25, 0.3) is 0 Å². The molecule has 2 aliphatic carbocycles. The average molecular weight is 362 g/mol. The summed E-state index contributed by atoms with van der Waals surface area (Å²) in [6.07, 6.45) is 3.20. The van der Waals surface area contributed by atoms with Crippen LogP contribution in [-0.2, 0) is 31.6 Å². The van der Waals surface area contributed by atoms with E-state index in [1.54, 1.807) is 6.92 Å². The molecule has 10 nitrogen and oxygen atoms in total. The smallest absolute Gasteiger partial charge is 0.321 e. The minimum absolute atomic E-state index is 0.153. The second-order valence-electron chi connectivity index (χ2n) is 6.84. The van der Waals surface area contributed by atoms with E-state index in [0.29, 0.717) is 56.2 Å². The number of carbonyl (C=O) groups is 2. The lowest BCUT2D eigenvalue weighted by atomic mass is 10.1. The molecule has 1 N–H and O–H groups in total. The van der Waals surface area contributed by atoms with Crippen LogP contribution in [0.25, 0.3) is 0 Å². The third kappa shape index (κ3) is 2.74. The van der Waals surface area contributed by atoms with Gasteiger partial charge in [-0.25, -0.2) is 0 Å². The van der Waals surface area contributed by atoms with Crippen LogP contribution in [0, 0.1) is 6.92 Å². The Kier molecular flexibility index (Phi) is 3.78. The highest BCUT2D eigenvalue weighted by molar-refractivity contribution is 5.85. The fraction of sp³-hybridized carbons (Fsp3) is 0.625. The molecule has 138 valence electrons. The van der Waals surface area contributed by atoms with Crippen LogP contribution in [0.2, 0.25) is 0 Å². The summed E-state index contributed by atoms with van der Waals surface area (Å²) in [6, 6.07) is 0. The summed E-state index contributed by atoms with van der Waals surface area (Å²) >= 11 is 0. The standard InChI is InChI=1S/C16H18N4O6/c1-9-17-19-12(25-9)16(6-7-16)14(23)24-8-2-3-10-18-20-11(26-10)15(4-5-15)13(21)22/h2-8H2,1H3,(H,21,22). The topological polar surface area (TPSA) is 141 Å². The Bertz CT molecular complexity index is 849. The lowest BCUT2D eigenvalue weighted by molar-refractivity contribution is -0.147. The van der Waals surface area contributed by atoms with Gasteiger partial charge in [-0.1, -0.05) is 0 Å². The maximum absolute atomic E-state index is 12.3. The molecule has 2 heterocycles. The van der Waals surface area contributed by atoms with Gasteiger partial charge < -0.3 is 18.7 Å². The summed E-state index contributed by atoms with van der Waals surface area (Å²) in [5.74, 6) is -0.0771. The SMILES string of the molecule is Cc1nnc(C2(C(=O)OCCCc3nnc(C4(C(=O)O)CC4)o3)CC2)o1. The van der Waals surface area contributed by atoms with Crippen molar-refractivity contribution in [2.75, 3.05) is 6.61 Å². The number of ether oxygens (including phenoxy) is 1. The third-order valence-corrected chi connectivity index (χ3v) is 4.88. The Labute approximate surface area is 147 Å². The molecular weight excluding hydrogens is 344 g/mol. The predicted molar refractivity (Wildman–Crippen MR) is 82.1 cm³/mol. The van der Waals surface area contributed by atoms with Crippen LogP contribution in [0.1, 0.15) is 55.7 Å². The van der Waals surface area contributed by atoms with Crippen molar-refractivity contribution in [3.05, 3.63) is 23.6 Å². The molecule has 2 aromatic heterocycles. The van der Waals surface area contributed by atoms with E-state index in [-0.39, 0.29) is 18.5 Å². The largest absolute Gasteiger partial charge is 0.480 e. The van der Waals surface area contributed by atoms with Crippen molar-refractivity contribution in [2.45, 2.75) is 56.3 Å². The van der Waals surface area contributed by atoms with Gasteiger partial charge in [-0.05, 0) is 32.1 Å². The molecule has 0 unspecified atom stereocenters. The van der Waals surface area contributed by atoms with E-state index in [4.69, 9.17) is 13.6 Å². The van der Waals surface area contributed by atoms with Crippen LogP contribution >= 0.6 is 0 Å². The van der Waals surface area contributed by atoms with Crippen LogP contribution in [0.3, 0.4) is 0 Å². The number of nitrogens with zero attached hydrogens (tertiary/aromatic N) is 4. The summed E-state index contributed by atoms with van der Waals surface area (Å²) in [7, 11) is 0. The van der Waals surface area contributed by atoms with Crippen molar-refractivity contribution in [1.29, 1.82) is 0 Å². The number of rotatable bonds is 8. The highest BCUT2D eigenvalue weighted by Crippen LogP contribution is 2.49. The van der Waals surface area contributed by atoms with Gasteiger partial charge in [-0.3, -0.25) is 9.59 Å². The number of carbonyl (C=O) groups excluding carboxylic acids is 1. The number of hydrogen-bond donors (Lipinski definition) is 1. The Balaban J connectivity index is 1.27. The Hall–Kier alpha value is -2.78. The van der Waals surface area contributed by atoms with E-state index in [9.17, 15) is 14.7 Å². The van der Waals surface area contributed by atoms with Gasteiger partial charge in [-0.2, -0.15) is 0 Å². The number of esters is 1. The first kappa shape index (κ1) is 16.7. The Morgan fingerprint density at radius 2 is 1.69 bits per heavy atom. The van der Waals surface area contributed by atoms with Gasteiger partial charge >= 0.3 is 11.9 Å². The molecule has 0 atom stereocenters. The maximum atomic E-state index is 12.3. The first-order chi connectivity index (χ1) is 12.5. The molecule has 2 fully saturated rings. The van der Waals surface area contributed by atoms with Crippen LogP contribution in [0.4, 0.5) is 0 Å². The van der Waals surface area contributed by atoms with Crippen LogP contribution in [0.15, 0.2) is 8.83 Å². The quantitative estimate of drug-likeness (QED) is 0.535. The van der Waals surface area contributed by atoms with Gasteiger partial charge in [0, 0.05) is 13.3 Å². The second kappa shape index (κ2) is 5.89. The molecule has 2 aliphatic rings. The van der Waals surface area contributed by atoms with Crippen molar-refractivity contribution < 1.29 is 28.3 Å². The van der Waals surface area contributed by atoms with Gasteiger partial charge in [0.2, 0.25) is 23.6 Å². The number of aliphatic carboxylic acids is 1. The molecule has 4 rings (SSSR count). The number of hydrogen-bond acceptors (Lipinski definition) is 9. The molecule has 10 heteroatoms. The van der Waals surface area contributed by atoms with Crippen LogP contribution < -0.4 is 0 Å². The number of carboxylic acid groups (broad SMARTS) is 1. The Morgan fingerprint density at radius 3 is 2.27 bits per heavy atom. The van der Waals surface area contributed by atoms with Crippen molar-refractivity contribution >= 4 is 11.9 Å². The predicted octanol–water partition coefficient (Wildman–Crippen LogP) is 1.08. The molecule has 26 heavy (non-hydrogen) atoms. The van der Waals surface area contributed by atoms with Gasteiger partial charge in [0.05, 0.1) is 6.61 Å². The third-order valence-electron chi connectivity index (χ3n) is 4.88. The fourth-order valence-corrected chi connectivity index (χ4v) is 2.84. The van der Waals surface area contributed by atoms with E-state index < -0.39 is 16.8 Å². The molecule has 0 aliphatic heterocycles. The van der Waals surface area contributed by atoms with Crippen molar-refractivity contribution in [3.63, 3.8) is 0 Å². The molecular formula is C16H18N4O6. The van der Waals surface area contributed by atoms with Gasteiger partial charge in [0.1, 0.15) is 10.8 Å². The maximum Gasteiger partial charge on any atom is 0.321 e. The minimum atomic E-state index is -1.00. The van der Waals surface area contributed by atoms with Crippen molar-refractivity contribution in [3.8, 4) is 0 Å². The zero-order chi connectivity index (χ0) is 18.4.